The van der Waals surface area contributed by atoms with Crippen molar-refractivity contribution < 1.29 is 24.0 Å². The summed E-state index contributed by atoms with van der Waals surface area (Å²) in [7, 11) is 0. The Morgan fingerprint density at radius 1 is 0.755 bits per heavy atom. The first kappa shape index (κ1) is 39.2. The van der Waals surface area contributed by atoms with Gasteiger partial charge in [-0.05, 0) is 55.2 Å². The van der Waals surface area contributed by atoms with Crippen molar-refractivity contribution in [1.29, 1.82) is 0 Å². The second-order valence-electron chi connectivity index (χ2n) is 13.8. The van der Waals surface area contributed by atoms with Gasteiger partial charge in [0.25, 0.3) is 0 Å². The predicted octanol–water partition coefficient (Wildman–Crippen LogP) is 1.33. The van der Waals surface area contributed by atoms with Crippen LogP contribution in [-0.2, 0) is 36.8 Å². The summed E-state index contributed by atoms with van der Waals surface area (Å²) in [5, 5.41) is 17.8. The van der Waals surface area contributed by atoms with Crippen molar-refractivity contribution in [3.05, 3.63) is 71.8 Å². The first-order chi connectivity index (χ1) is 23.4. The lowest BCUT2D eigenvalue weighted by molar-refractivity contribution is -0.133. The van der Waals surface area contributed by atoms with Crippen LogP contribution in [-0.4, -0.2) is 79.4 Å². The molecule has 1 aliphatic rings. The Bertz CT molecular complexity index is 1350. The van der Waals surface area contributed by atoms with Crippen LogP contribution >= 0.6 is 0 Å². The van der Waals surface area contributed by atoms with Crippen LogP contribution < -0.4 is 37.6 Å². The van der Waals surface area contributed by atoms with Gasteiger partial charge in [-0.3, -0.25) is 24.0 Å². The topological polar surface area (TPSA) is 184 Å². The van der Waals surface area contributed by atoms with Crippen molar-refractivity contribution in [3.8, 4) is 0 Å². The smallest absolute Gasteiger partial charge is 0.243 e. The average Bonchev–Trinajstić information content (AvgIpc) is 3.61. The van der Waals surface area contributed by atoms with Gasteiger partial charge in [-0.25, -0.2) is 0 Å². The van der Waals surface area contributed by atoms with Crippen LogP contribution in [0.15, 0.2) is 60.7 Å². The average molecular weight is 678 g/mol. The summed E-state index contributed by atoms with van der Waals surface area (Å²) < 4.78 is 0. The highest BCUT2D eigenvalue weighted by atomic mass is 16.2. The summed E-state index contributed by atoms with van der Waals surface area (Å²) >= 11 is 0. The Labute approximate surface area is 290 Å². The molecule has 0 bridgehead atoms. The summed E-state index contributed by atoms with van der Waals surface area (Å²) in [6.45, 7) is 8.86. The maximum atomic E-state index is 13.8. The summed E-state index contributed by atoms with van der Waals surface area (Å²) in [5.74, 6) is -1.60. The molecule has 1 fully saturated rings. The molecule has 49 heavy (non-hydrogen) atoms. The van der Waals surface area contributed by atoms with Gasteiger partial charge in [0.05, 0.1) is 18.6 Å². The highest BCUT2D eigenvalue weighted by Crippen LogP contribution is 2.11. The molecule has 12 heteroatoms. The van der Waals surface area contributed by atoms with E-state index >= 15 is 0 Å². The van der Waals surface area contributed by atoms with Crippen molar-refractivity contribution >= 4 is 29.5 Å². The number of rotatable bonds is 20. The minimum absolute atomic E-state index is 0.181. The third-order valence-electron chi connectivity index (χ3n) is 8.41. The minimum Gasteiger partial charge on any atom is -0.368 e. The van der Waals surface area contributed by atoms with E-state index in [1.165, 1.54) is 0 Å². The second-order valence-corrected chi connectivity index (χ2v) is 13.8. The summed E-state index contributed by atoms with van der Waals surface area (Å²) in [6.07, 6.45) is 3.21. The van der Waals surface area contributed by atoms with Gasteiger partial charge >= 0.3 is 0 Å². The number of amides is 5. The molecule has 12 nitrogen and oxygen atoms in total. The number of benzene rings is 2. The van der Waals surface area contributed by atoms with E-state index in [0.29, 0.717) is 25.8 Å². The number of carbonyl (C=O) groups is 5. The second kappa shape index (κ2) is 20.3. The number of primary amides is 1. The van der Waals surface area contributed by atoms with E-state index in [-0.39, 0.29) is 49.2 Å². The minimum atomic E-state index is -1.01. The largest absolute Gasteiger partial charge is 0.368 e. The molecular weight excluding hydrogens is 622 g/mol. The molecule has 0 unspecified atom stereocenters. The molecular formula is C37H55N7O5. The van der Waals surface area contributed by atoms with E-state index in [1.54, 1.807) is 0 Å². The van der Waals surface area contributed by atoms with Crippen molar-refractivity contribution in [2.24, 2.45) is 17.6 Å². The molecule has 5 amide bonds. The molecule has 5 atom stereocenters. The van der Waals surface area contributed by atoms with Crippen molar-refractivity contribution in [2.45, 2.75) is 96.4 Å². The van der Waals surface area contributed by atoms with Gasteiger partial charge < -0.3 is 37.6 Å². The number of hydrogen-bond donors (Lipinski definition) is 7. The number of carbonyl (C=O) groups excluding carboxylic acids is 5. The Balaban J connectivity index is 1.69. The van der Waals surface area contributed by atoms with Crippen LogP contribution in [0, 0.1) is 11.8 Å². The van der Waals surface area contributed by atoms with Gasteiger partial charge in [0.15, 0.2) is 0 Å². The fourth-order valence-corrected chi connectivity index (χ4v) is 5.96. The molecule has 0 saturated carbocycles. The SMILES string of the molecule is CC(C)C[C@@H](CN[C@@H](CC(C)C)C(N)=O)NC(=O)CNC(=O)[C@H](Cc1ccccc1)NC(=O)[C@H](Cc1ccccc1)NC(=O)[C@@H]1CCCN1. The van der Waals surface area contributed by atoms with Gasteiger partial charge in [0.1, 0.15) is 12.1 Å². The Morgan fingerprint density at radius 3 is 1.84 bits per heavy atom. The molecule has 8 N–H and O–H groups in total. The van der Waals surface area contributed by atoms with E-state index < -0.39 is 41.8 Å². The van der Waals surface area contributed by atoms with Crippen LogP contribution in [0.25, 0.3) is 0 Å². The fourth-order valence-electron chi connectivity index (χ4n) is 5.96. The van der Waals surface area contributed by atoms with Gasteiger partial charge in [0.2, 0.25) is 29.5 Å². The van der Waals surface area contributed by atoms with Crippen LogP contribution in [0.4, 0.5) is 0 Å². The molecule has 1 heterocycles. The summed E-state index contributed by atoms with van der Waals surface area (Å²) in [4.78, 5) is 65.5. The molecule has 2 aromatic rings. The van der Waals surface area contributed by atoms with Crippen LogP contribution in [0.5, 0.6) is 0 Å². The molecule has 3 rings (SSSR count). The molecule has 0 aromatic heterocycles. The quantitative estimate of drug-likeness (QED) is 0.110. The number of nitrogens with one attached hydrogen (secondary N) is 6. The lowest BCUT2D eigenvalue weighted by atomic mass is 10.0. The predicted molar refractivity (Wildman–Crippen MR) is 190 cm³/mol. The molecule has 1 aliphatic heterocycles. The van der Waals surface area contributed by atoms with E-state index in [1.807, 2.05) is 88.4 Å². The molecule has 268 valence electrons. The first-order valence-corrected chi connectivity index (χ1v) is 17.4. The van der Waals surface area contributed by atoms with E-state index in [9.17, 15) is 24.0 Å². The normalized spacial score (nSPS) is 16.7. The zero-order valence-corrected chi connectivity index (χ0v) is 29.3. The van der Waals surface area contributed by atoms with Gasteiger partial charge in [-0.2, -0.15) is 0 Å². The van der Waals surface area contributed by atoms with E-state index in [2.05, 4.69) is 31.9 Å². The molecule has 1 saturated heterocycles. The maximum absolute atomic E-state index is 13.8. The van der Waals surface area contributed by atoms with Crippen LogP contribution in [0.1, 0.15) is 64.5 Å². The lowest BCUT2D eigenvalue weighted by Gasteiger charge is -2.26. The van der Waals surface area contributed by atoms with Crippen molar-refractivity contribution in [1.82, 2.24) is 31.9 Å². The third-order valence-corrected chi connectivity index (χ3v) is 8.41. The molecule has 0 radical (unpaired) electrons. The molecule has 0 spiro atoms. The monoisotopic (exact) mass is 677 g/mol. The Hall–Kier alpha value is -4.29. The van der Waals surface area contributed by atoms with Gasteiger partial charge in [0, 0.05) is 25.4 Å². The summed E-state index contributed by atoms with van der Waals surface area (Å²) in [6, 6.07) is 15.5. The van der Waals surface area contributed by atoms with Crippen LogP contribution in [0.3, 0.4) is 0 Å². The number of nitrogens with two attached hydrogens (primary N) is 1. The van der Waals surface area contributed by atoms with Crippen molar-refractivity contribution in [2.75, 3.05) is 19.6 Å². The summed E-state index contributed by atoms with van der Waals surface area (Å²) in [5.41, 5.74) is 7.27. The first-order valence-electron chi connectivity index (χ1n) is 17.4. The zero-order chi connectivity index (χ0) is 35.8. The maximum Gasteiger partial charge on any atom is 0.243 e. The highest BCUT2D eigenvalue weighted by molar-refractivity contribution is 5.94. The van der Waals surface area contributed by atoms with E-state index in [4.69, 9.17) is 5.73 Å². The fraction of sp³-hybridized carbons (Fsp3) is 0.541. The molecule has 2 aromatic carbocycles. The number of hydrogen-bond acceptors (Lipinski definition) is 7. The third kappa shape index (κ3) is 14.4. The Morgan fingerprint density at radius 2 is 1.33 bits per heavy atom. The Kier molecular flexibility index (Phi) is 16.2. The van der Waals surface area contributed by atoms with Gasteiger partial charge in [-0.15, -0.1) is 0 Å². The zero-order valence-electron chi connectivity index (χ0n) is 29.3. The van der Waals surface area contributed by atoms with Gasteiger partial charge in [-0.1, -0.05) is 88.4 Å². The van der Waals surface area contributed by atoms with Crippen molar-refractivity contribution in [3.63, 3.8) is 0 Å². The van der Waals surface area contributed by atoms with Crippen LogP contribution in [0.2, 0.25) is 0 Å². The standard InChI is InChI=1S/C37H55N7O5/c1-24(2)18-28(22-40-30(34(38)46)19-25(3)4)42-33(45)23-41-35(47)31(20-26-12-7-5-8-13-26)43-37(49)32(21-27-14-9-6-10-15-27)44-36(48)29-16-11-17-39-29/h5-10,12-15,24-25,28-32,39-40H,11,16-23H2,1-4H3,(H2,38,46)(H,41,47)(H,42,45)(H,43,49)(H,44,48)/t28-,29-,30-,31-,32-/m0/s1. The lowest BCUT2D eigenvalue weighted by Crippen LogP contribution is -2.57. The van der Waals surface area contributed by atoms with E-state index in [0.717, 1.165) is 24.1 Å². The highest BCUT2D eigenvalue weighted by Gasteiger charge is 2.31. The molecule has 0 aliphatic carbocycles.